The van der Waals surface area contributed by atoms with Crippen LogP contribution in [-0.2, 0) is 42.9 Å². The van der Waals surface area contributed by atoms with E-state index in [-0.39, 0.29) is 69.0 Å². The zero-order chi connectivity index (χ0) is 48.1. The zero-order valence-electron chi connectivity index (χ0n) is 42.6. The fourth-order valence-corrected chi connectivity index (χ4v) is 8.14. The summed E-state index contributed by atoms with van der Waals surface area (Å²) in [5, 5.41) is 13.4. The number of nitrogens with zero attached hydrogens (tertiary/aromatic N) is 2. The number of piperazine rings is 1. The molecule has 2 N–H and O–H groups in total. The number of rotatable bonds is 41. The largest absolute Gasteiger partial charge is 0.465 e. The van der Waals surface area contributed by atoms with Crippen molar-refractivity contribution in [2.75, 3.05) is 66.1 Å². The zero-order valence-corrected chi connectivity index (χ0v) is 42.6. The fourth-order valence-electron chi connectivity index (χ4n) is 8.14. The van der Waals surface area contributed by atoms with Gasteiger partial charge in [-0.1, -0.05) is 170 Å². The molecule has 1 fully saturated rings. The number of carbonyl (C=O) groups excluding carboxylic acids is 5. The minimum Gasteiger partial charge on any atom is -0.465 e. The van der Waals surface area contributed by atoms with Gasteiger partial charge in [0, 0.05) is 44.7 Å². The van der Waals surface area contributed by atoms with E-state index >= 15 is 0 Å². The van der Waals surface area contributed by atoms with Crippen LogP contribution in [-0.4, -0.2) is 123 Å². The second kappa shape index (κ2) is 38.2. The molecule has 1 amide bonds. The molecule has 1 aliphatic rings. The first-order valence-electron chi connectivity index (χ1n) is 26.3. The first kappa shape index (κ1) is 60.2. The molecular formula is C52H97N3O10. The SMILES string of the molecule is CCCCCCCCC(CCCCCC)C(=O)OCC(COC(=O)CCNC(=O)[C@H](O)C(C)(C)COC(=O)CCN1CCN(C)CC1)OC(=O)C(CCCCCC)CCCCCCCC. The van der Waals surface area contributed by atoms with E-state index in [1.54, 1.807) is 13.8 Å². The summed E-state index contributed by atoms with van der Waals surface area (Å²) in [4.78, 5) is 70.4. The quantitative estimate of drug-likeness (QED) is 0.0340. The van der Waals surface area contributed by atoms with Crippen LogP contribution >= 0.6 is 0 Å². The van der Waals surface area contributed by atoms with Gasteiger partial charge in [-0.25, -0.2) is 0 Å². The fraction of sp³-hybridized carbons (Fsp3) is 0.904. The van der Waals surface area contributed by atoms with E-state index in [0.29, 0.717) is 6.54 Å². The number of hydrogen-bond acceptors (Lipinski definition) is 12. The third-order valence-electron chi connectivity index (χ3n) is 12.9. The first-order valence-corrected chi connectivity index (χ1v) is 26.3. The van der Waals surface area contributed by atoms with Gasteiger partial charge in [0.2, 0.25) is 5.91 Å². The minimum atomic E-state index is -1.50. The Kier molecular flexibility index (Phi) is 35.4. The second-order valence-corrected chi connectivity index (χ2v) is 19.6. The topological polar surface area (TPSA) is 161 Å². The molecule has 0 aromatic heterocycles. The molecule has 65 heavy (non-hydrogen) atoms. The van der Waals surface area contributed by atoms with Crippen molar-refractivity contribution in [2.45, 2.75) is 221 Å². The molecule has 380 valence electrons. The Hall–Kier alpha value is -2.77. The van der Waals surface area contributed by atoms with E-state index in [9.17, 15) is 29.1 Å². The summed E-state index contributed by atoms with van der Waals surface area (Å²) in [7, 11) is 2.07. The lowest BCUT2D eigenvalue weighted by atomic mass is 9.87. The van der Waals surface area contributed by atoms with Gasteiger partial charge in [-0.05, 0) is 32.7 Å². The van der Waals surface area contributed by atoms with Crippen molar-refractivity contribution in [1.82, 2.24) is 15.1 Å². The van der Waals surface area contributed by atoms with Crippen LogP contribution in [0.15, 0.2) is 0 Å². The van der Waals surface area contributed by atoms with E-state index in [1.807, 2.05) is 0 Å². The molecular weight excluding hydrogens is 827 g/mol. The van der Waals surface area contributed by atoms with Crippen LogP contribution in [0.1, 0.15) is 208 Å². The molecule has 0 aromatic rings. The Morgan fingerprint density at radius 2 is 1.00 bits per heavy atom. The van der Waals surface area contributed by atoms with Gasteiger partial charge in [0.25, 0.3) is 0 Å². The van der Waals surface area contributed by atoms with Gasteiger partial charge in [-0.3, -0.25) is 24.0 Å². The highest BCUT2D eigenvalue weighted by Crippen LogP contribution is 2.24. The number of unbranched alkanes of at least 4 members (excludes halogenated alkanes) is 16. The molecule has 0 radical (unpaired) electrons. The van der Waals surface area contributed by atoms with E-state index in [0.717, 1.165) is 142 Å². The highest BCUT2D eigenvalue weighted by molar-refractivity contribution is 5.82. The summed E-state index contributed by atoms with van der Waals surface area (Å²) >= 11 is 0. The van der Waals surface area contributed by atoms with Gasteiger partial charge in [0.15, 0.2) is 6.10 Å². The van der Waals surface area contributed by atoms with Gasteiger partial charge >= 0.3 is 23.9 Å². The highest BCUT2D eigenvalue weighted by atomic mass is 16.6. The Labute approximate surface area is 395 Å². The molecule has 1 saturated heterocycles. The van der Waals surface area contributed by atoms with E-state index < -0.39 is 29.5 Å². The molecule has 3 unspecified atom stereocenters. The maximum absolute atomic E-state index is 13.8. The maximum atomic E-state index is 13.8. The lowest BCUT2D eigenvalue weighted by Gasteiger charge is -2.32. The Balaban J connectivity index is 2.90. The van der Waals surface area contributed by atoms with Gasteiger partial charge in [-0.15, -0.1) is 0 Å². The van der Waals surface area contributed by atoms with Crippen LogP contribution in [0, 0.1) is 17.3 Å². The summed E-state index contributed by atoms with van der Waals surface area (Å²) in [6.07, 6.45) is 22.5. The molecule has 0 saturated carbocycles. The van der Waals surface area contributed by atoms with Crippen molar-refractivity contribution < 1.29 is 48.0 Å². The molecule has 0 aromatic carbocycles. The predicted molar refractivity (Wildman–Crippen MR) is 259 cm³/mol. The molecule has 1 heterocycles. The highest BCUT2D eigenvalue weighted by Gasteiger charge is 2.35. The van der Waals surface area contributed by atoms with Gasteiger partial charge in [0.05, 0.1) is 31.3 Å². The number of hydrogen-bond donors (Lipinski definition) is 2. The number of likely N-dealkylation sites (N-methyl/N-ethyl adjacent to an activating group) is 1. The molecule has 0 aliphatic carbocycles. The van der Waals surface area contributed by atoms with Crippen LogP contribution in [0.5, 0.6) is 0 Å². The normalized spacial score (nSPS) is 15.4. The van der Waals surface area contributed by atoms with Gasteiger partial charge in [0.1, 0.15) is 19.3 Å². The average molecular weight is 924 g/mol. The molecule has 0 spiro atoms. The average Bonchev–Trinajstić information content (AvgIpc) is 3.29. The Morgan fingerprint density at radius 1 is 0.569 bits per heavy atom. The number of nitrogens with one attached hydrogen (secondary N) is 1. The number of ether oxygens (including phenoxy) is 4. The Morgan fingerprint density at radius 3 is 1.51 bits per heavy atom. The number of aliphatic hydroxyl groups excluding tert-OH is 1. The third kappa shape index (κ3) is 30.3. The lowest BCUT2D eigenvalue weighted by molar-refractivity contribution is -0.171. The van der Waals surface area contributed by atoms with Crippen molar-refractivity contribution >= 4 is 29.8 Å². The van der Waals surface area contributed by atoms with Crippen LogP contribution in [0.4, 0.5) is 0 Å². The number of amides is 1. The monoisotopic (exact) mass is 924 g/mol. The predicted octanol–water partition coefficient (Wildman–Crippen LogP) is 9.73. The summed E-state index contributed by atoms with van der Waals surface area (Å²) in [6, 6.07) is 0. The third-order valence-corrected chi connectivity index (χ3v) is 12.9. The molecule has 4 atom stereocenters. The maximum Gasteiger partial charge on any atom is 0.309 e. The number of carbonyl (C=O) groups is 5. The summed E-state index contributed by atoms with van der Waals surface area (Å²) in [5.74, 6) is -2.89. The van der Waals surface area contributed by atoms with Crippen LogP contribution in [0.25, 0.3) is 0 Å². The van der Waals surface area contributed by atoms with Crippen molar-refractivity contribution in [3.8, 4) is 0 Å². The van der Waals surface area contributed by atoms with Crippen molar-refractivity contribution in [1.29, 1.82) is 0 Å². The lowest BCUT2D eigenvalue weighted by Crippen LogP contribution is -2.47. The van der Waals surface area contributed by atoms with Crippen LogP contribution in [0.2, 0.25) is 0 Å². The molecule has 13 nitrogen and oxygen atoms in total. The van der Waals surface area contributed by atoms with Gasteiger partial charge in [-0.2, -0.15) is 0 Å². The minimum absolute atomic E-state index is 0.106. The van der Waals surface area contributed by atoms with Crippen LogP contribution < -0.4 is 5.32 Å². The molecule has 1 rings (SSSR count). The van der Waals surface area contributed by atoms with Crippen molar-refractivity contribution in [2.24, 2.45) is 17.3 Å². The molecule has 13 heteroatoms. The summed E-state index contributed by atoms with van der Waals surface area (Å²) in [6.45, 7) is 15.5. The smallest absolute Gasteiger partial charge is 0.309 e. The van der Waals surface area contributed by atoms with Crippen molar-refractivity contribution in [3.05, 3.63) is 0 Å². The summed E-state index contributed by atoms with van der Waals surface area (Å²) < 4.78 is 23.0. The molecule has 1 aliphatic heterocycles. The summed E-state index contributed by atoms with van der Waals surface area (Å²) in [5.41, 5.74) is -1.07. The number of aliphatic hydroxyl groups is 1. The van der Waals surface area contributed by atoms with E-state index in [1.165, 1.54) is 38.5 Å². The van der Waals surface area contributed by atoms with Gasteiger partial charge < -0.3 is 39.2 Å². The number of esters is 4. The molecule has 0 bridgehead atoms. The van der Waals surface area contributed by atoms with E-state index in [2.05, 4.69) is 49.9 Å². The van der Waals surface area contributed by atoms with E-state index in [4.69, 9.17) is 18.9 Å². The van der Waals surface area contributed by atoms with Crippen LogP contribution in [0.3, 0.4) is 0 Å². The van der Waals surface area contributed by atoms with Crippen molar-refractivity contribution in [3.63, 3.8) is 0 Å². The Bertz CT molecular complexity index is 1260. The second-order valence-electron chi connectivity index (χ2n) is 19.6. The first-order chi connectivity index (χ1) is 31.3. The standard InChI is InChI=1S/C52H97N3O10/c1-8-12-16-20-22-26-29-43(28-24-18-14-10-3)50(60)63-41-45(65-51(61)44(30-25-19-15-11-4)31-27-23-21-17-13-9-2)40-62-46(56)32-34-53-49(59)48(58)52(5,6)42-64-47(57)33-35-55-38-36-54(7)37-39-55/h43-45,48,58H,8-42H2,1-7H3,(H,53,59)/t43?,44?,45?,48-/m0/s1.